The lowest BCUT2D eigenvalue weighted by molar-refractivity contribution is 0.203. The molecule has 1 heterocycles. The average molecular weight is 533 g/mol. The topological polar surface area (TPSA) is 85.6 Å². The van der Waals surface area contributed by atoms with Gasteiger partial charge in [0.05, 0.1) is 35.5 Å². The van der Waals surface area contributed by atoms with Crippen LogP contribution in [0.3, 0.4) is 0 Å². The van der Waals surface area contributed by atoms with Crippen molar-refractivity contribution < 1.29 is 32.8 Å². The molecule has 8 heteroatoms. The molecule has 3 aromatic carbocycles. The summed E-state index contributed by atoms with van der Waals surface area (Å²) in [6.07, 6.45) is -0.198. The summed E-state index contributed by atoms with van der Waals surface area (Å²) in [7, 11) is 7.54. The zero-order valence-electron chi connectivity index (χ0n) is 23.0. The van der Waals surface area contributed by atoms with Gasteiger partial charge >= 0.3 is 0 Å². The largest absolute Gasteiger partial charge is 0.496 e. The van der Waals surface area contributed by atoms with E-state index in [-0.39, 0.29) is 22.5 Å². The van der Waals surface area contributed by atoms with Crippen LogP contribution in [0.4, 0.5) is 0 Å². The Balaban J connectivity index is 2.04. The number of benzene rings is 3. The Bertz CT molecular complexity index is 1530. The van der Waals surface area contributed by atoms with Crippen molar-refractivity contribution in [1.82, 2.24) is 0 Å². The lowest BCUT2D eigenvalue weighted by Crippen LogP contribution is -2.15. The van der Waals surface area contributed by atoms with Crippen LogP contribution in [0.15, 0.2) is 51.7 Å². The molecule has 0 saturated carbocycles. The van der Waals surface area contributed by atoms with Crippen molar-refractivity contribution in [3.8, 4) is 45.8 Å². The van der Waals surface area contributed by atoms with Gasteiger partial charge in [0.1, 0.15) is 28.6 Å². The molecule has 0 spiro atoms. The van der Waals surface area contributed by atoms with Gasteiger partial charge in [-0.15, -0.1) is 0 Å². The molecule has 0 N–H and O–H groups in total. The van der Waals surface area contributed by atoms with E-state index in [4.69, 9.17) is 32.8 Å². The molecule has 1 atom stereocenters. The first kappa shape index (κ1) is 27.7. The number of methoxy groups -OCH3 is 5. The molecule has 204 valence electrons. The van der Waals surface area contributed by atoms with Crippen molar-refractivity contribution >= 4 is 11.0 Å². The molecule has 1 aromatic heterocycles. The van der Waals surface area contributed by atoms with E-state index in [1.54, 1.807) is 24.3 Å². The standard InChI is InChI=1S/C31H32O8/c1-9-22(19-11-10-17(2)18(3)12-19)38-31-28(32)27-23(34-5)15-21(33-4)16-24(27)39-29(31)20-13-25(35-6)30(37-8)26(14-20)36-7/h10-16,22H,1-2,9H2,3-8H3. The molecule has 8 nitrogen and oxygen atoms in total. The van der Waals surface area contributed by atoms with Gasteiger partial charge in [0.15, 0.2) is 17.3 Å². The monoisotopic (exact) mass is 532 g/mol. The molecule has 4 aromatic rings. The SMILES string of the molecule is [CH2]CC(Oc1c(-c2cc(OC)c(OC)c(OC)c2)oc2cc(OC)cc(OC)c2c1=O)c1ccc([CH2])c(C)c1. The smallest absolute Gasteiger partial charge is 0.239 e. The van der Waals surface area contributed by atoms with E-state index >= 15 is 0 Å². The third kappa shape index (κ3) is 5.19. The molecular formula is C31H32O8. The highest BCUT2D eigenvalue weighted by molar-refractivity contribution is 5.89. The van der Waals surface area contributed by atoms with Crippen LogP contribution in [-0.4, -0.2) is 35.5 Å². The number of ether oxygens (including phenoxy) is 6. The minimum atomic E-state index is -0.547. The third-order valence-electron chi connectivity index (χ3n) is 6.53. The van der Waals surface area contributed by atoms with Crippen LogP contribution >= 0.6 is 0 Å². The van der Waals surface area contributed by atoms with Gasteiger partial charge in [0, 0.05) is 17.7 Å². The summed E-state index contributed by atoms with van der Waals surface area (Å²) in [6, 6.07) is 12.4. The molecule has 4 rings (SSSR count). The minimum absolute atomic E-state index is 0.00903. The summed E-state index contributed by atoms with van der Waals surface area (Å²) < 4.78 is 40.3. The van der Waals surface area contributed by atoms with Gasteiger partial charge in [-0.05, 0) is 56.0 Å². The first-order chi connectivity index (χ1) is 18.8. The maximum absolute atomic E-state index is 14.1. The van der Waals surface area contributed by atoms with E-state index in [0.29, 0.717) is 40.7 Å². The predicted octanol–water partition coefficient (Wildman–Crippen LogP) is 6.34. The number of rotatable bonds is 10. The van der Waals surface area contributed by atoms with Gasteiger partial charge in [-0.25, -0.2) is 0 Å². The van der Waals surface area contributed by atoms with Gasteiger partial charge in [-0.1, -0.05) is 18.2 Å². The molecule has 1 unspecified atom stereocenters. The maximum Gasteiger partial charge on any atom is 0.239 e. The van der Waals surface area contributed by atoms with Crippen LogP contribution in [0.5, 0.6) is 34.5 Å². The zero-order valence-corrected chi connectivity index (χ0v) is 23.0. The van der Waals surface area contributed by atoms with Crippen molar-refractivity contribution in [3.63, 3.8) is 0 Å². The lowest BCUT2D eigenvalue weighted by Gasteiger charge is -2.21. The molecule has 2 radical (unpaired) electrons. The molecule has 0 aliphatic heterocycles. The highest BCUT2D eigenvalue weighted by Crippen LogP contribution is 2.45. The third-order valence-corrected chi connectivity index (χ3v) is 6.53. The zero-order chi connectivity index (χ0) is 28.3. The fraction of sp³-hybridized carbons (Fsp3) is 0.258. The highest BCUT2D eigenvalue weighted by Gasteiger charge is 2.26. The van der Waals surface area contributed by atoms with E-state index in [1.165, 1.54) is 35.5 Å². The second-order valence-corrected chi connectivity index (χ2v) is 8.79. The van der Waals surface area contributed by atoms with Crippen molar-refractivity contribution in [1.29, 1.82) is 0 Å². The molecule has 39 heavy (non-hydrogen) atoms. The summed E-state index contributed by atoms with van der Waals surface area (Å²) in [5, 5.41) is 0.219. The summed E-state index contributed by atoms with van der Waals surface area (Å²) in [4.78, 5) is 14.1. The van der Waals surface area contributed by atoms with Crippen molar-refractivity contribution in [2.45, 2.75) is 19.4 Å². The fourth-order valence-corrected chi connectivity index (χ4v) is 4.39. The van der Waals surface area contributed by atoms with E-state index in [2.05, 4.69) is 13.8 Å². The Labute approximate surface area is 228 Å². The van der Waals surface area contributed by atoms with Gasteiger partial charge in [0.25, 0.3) is 0 Å². The fourth-order valence-electron chi connectivity index (χ4n) is 4.39. The Hall–Kier alpha value is -4.33. The second kappa shape index (κ2) is 11.6. The maximum atomic E-state index is 14.1. The van der Waals surface area contributed by atoms with Crippen molar-refractivity contribution in [3.05, 3.63) is 83.2 Å². The predicted molar refractivity (Wildman–Crippen MR) is 150 cm³/mol. The summed E-state index contributed by atoms with van der Waals surface area (Å²) in [5.41, 5.74) is 3.08. The van der Waals surface area contributed by atoms with Crippen LogP contribution in [-0.2, 0) is 0 Å². The molecule has 0 saturated heterocycles. The second-order valence-electron chi connectivity index (χ2n) is 8.79. The minimum Gasteiger partial charge on any atom is -0.496 e. The quantitative estimate of drug-likeness (QED) is 0.234. The summed E-state index contributed by atoms with van der Waals surface area (Å²) in [6.45, 7) is 10.1. The van der Waals surface area contributed by atoms with Crippen LogP contribution in [0.2, 0.25) is 0 Å². The van der Waals surface area contributed by atoms with E-state index in [0.717, 1.165) is 16.7 Å². The molecule has 0 aliphatic rings. The molecular weight excluding hydrogens is 500 g/mol. The number of aryl methyl sites for hydroxylation is 1. The van der Waals surface area contributed by atoms with Gasteiger partial charge < -0.3 is 32.8 Å². The van der Waals surface area contributed by atoms with Gasteiger partial charge in [-0.3, -0.25) is 4.79 Å². The van der Waals surface area contributed by atoms with Gasteiger partial charge in [-0.2, -0.15) is 0 Å². The molecule has 0 aliphatic carbocycles. The number of hydrogen-bond donors (Lipinski definition) is 0. The van der Waals surface area contributed by atoms with Crippen LogP contribution in [0.1, 0.15) is 29.2 Å². The molecule has 0 amide bonds. The van der Waals surface area contributed by atoms with Crippen LogP contribution in [0, 0.1) is 20.8 Å². The van der Waals surface area contributed by atoms with E-state index < -0.39 is 11.5 Å². The summed E-state index contributed by atoms with van der Waals surface area (Å²) in [5.74, 6) is 2.10. The molecule has 0 bridgehead atoms. The Morgan fingerprint density at radius 2 is 1.49 bits per heavy atom. The Morgan fingerprint density at radius 3 is 2.03 bits per heavy atom. The highest BCUT2D eigenvalue weighted by atomic mass is 16.5. The van der Waals surface area contributed by atoms with E-state index in [1.807, 2.05) is 25.1 Å². The average Bonchev–Trinajstić information content (AvgIpc) is 2.96. The van der Waals surface area contributed by atoms with Crippen molar-refractivity contribution in [2.75, 3.05) is 35.5 Å². The number of fused-ring (bicyclic) bond motifs is 1. The first-order valence-corrected chi connectivity index (χ1v) is 12.2. The molecule has 0 fully saturated rings. The lowest BCUT2D eigenvalue weighted by atomic mass is 10.0. The normalized spacial score (nSPS) is 11.7. The van der Waals surface area contributed by atoms with Crippen LogP contribution in [0.25, 0.3) is 22.3 Å². The van der Waals surface area contributed by atoms with Crippen molar-refractivity contribution in [2.24, 2.45) is 0 Å². The summed E-state index contributed by atoms with van der Waals surface area (Å²) >= 11 is 0. The number of hydrogen-bond acceptors (Lipinski definition) is 8. The Kier molecular flexibility index (Phi) is 8.24. The van der Waals surface area contributed by atoms with Crippen LogP contribution < -0.4 is 33.8 Å². The van der Waals surface area contributed by atoms with E-state index in [9.17, 15) is 4.79 Å². The first-order valence-electron chi connectivity index (χ1n) is 12.2. The Morgan fingerprint density at radius 1 is 0.821 bits per heavy atom. The van der Waals surface area contributed by atoms with Gasteiger partial charge in [0.2, 0.25) is 16.9 Å².